The number of hydrogen-bond acceptors (Lipinski definition) is 3. The molecule has 0 atom stereocenters. The van der Waals surface area contributed by atoms with Crippen LogP contribution in [0, 0.1) is 0 Å². The van der Waals surface area contributed by atoms with Gasteiger partial charge in [0.2, 0.25) is 5.91 Å². The van der Waals surface area contributed by atoms with Crippen molar-refractivity contribution in [1.29, 1.82) is 0 Å². The first-order valence-electron chi connectivity index (χ1n) is 5.43. The minimum atomic E-state index is -0.421. The molecule has 2 rings (SSSR count). The number of anilines is 1. The van der Waals surface area contributed by atoms with Crippen molar-refractivity contribution in [3.8, 4) is 0 Å². The van der Waals surface area contributed by atoms with Gasteiger partial charge in [-0.25, -0.2) is 0 Å². The van der Waals surface area contributed by atoms with E-state index < -0.39 is 5.91 Å². The van der Waals surface area contributed by atoms with E-state index in [1.807, 2.05) is 24.3 Å². The van der Waals surface area contributed by atoms with Crippen molar-refractivity contribution in [1.82, 2.24) is 9.78 Å². The van der Waals surface area contributed by atoms with Crippen molar-refractivity contribution in [2.75, 3.05) is 5.32 Å². The molecule has 0 fully saturated rings. The van der Waals surface area contributed by atoms with E-state index in [1.165, 1.54) is 4.68 Å². The topological polar surface area (TPSA) is 72.9 Å². The molecule has 18 heavy (non-hydrogen) atoms. The Morgan fingerprint density at radius 2 is 2.22 bits per heavy atom. The Hall–Kier alpha value is -2.01. The summed E-state index contributed by atoms with van der Waals surface area (Å²) >= 11 is 6.04. The van der Waals surface area contributed by atoms with Gasteiger partial charge >= 0.3 is 0 Å². The summed E-state index contributed by atoms with van der Waals surface area (Å²) < 4.78 is 1.48. The molecule has 0 aliphatic carbocycles. The van der Waals surface area contributed by atoms with Crippen molar-refractivity contribution in [2.45, 2.75) is 13.1 Å². The van der Waals surface area contributed by atoms with Crippen molar-refractivity contribution in [2.24, 2.45) is 5.73 Å². The molecular formula is C12H13ClN4O. The van der Waals surface area contributed by atoms with E-state index in [9.17, 15) is 4.79 Å². The number of carbonyl (C=O) groups is 1. The number of primary amides is 1. The lowest BCUT2D eigenvalue weighted by Gasteiger charge is -2.05. The number of amides is 1. The molecule has 0 saturated heterocycles. The summed E-state index contributed by atoms with van der Waals surface area (Å²) in [4.78, 5) is 10.7. The number of nitrogens with two attached hydrogens (primary N) is 1. The summed E-state index contributed by atoms with van der Waals surface area (Å²) in [5, 5.41) is 7.90. The lowest BCUT2D eigenvalue weighted by molar-refractivity contribution is -0.118. The average Bonchev–Trinajstić information content (AvgIpc) is 2.75. The standard InChI is InChI=1S/C12H13ClN4O/c13-11-4-2-1-3-9(11)5-15-10-6-16-17(7-10)8-12(14)18/h1-4,6-7,15H,5,8H2,(H2,14,18). The van der Waals surface area contributed by atoms with Crippen LogP contribution < -0.4 is 11.1 Å². The monoisotopic (exact) mass is 264 g/mol. The number of nitrogens with one attached hydrogen (secondary N) is 1. The zero-order chi connectivity index (χ0) is 13.0. The Morgan fingerprint density at radius 1 is 1.44 bits per heavy atom. The van der Waals surface area contributed by atoms with E-state index in [2.05, 4.69) is 10.4 Å². The predicted molar refractivity (Wildman–Crippen MR) is 70.2 cm³/mol. The van der Waals surface area contributed by atoms with Gasteiger partial charge in [-0.2, -0.15) is 5.10 Å². The van der Waals surface area contributed by atoms with E-state index in [4.69, 9.17) is 17.3 Å². The molecule has 3 N–H and O–H groups in total. The number of hydrogen-bond donors (Lipinski definition) is 2. The Kier molecular flexibility index (Phi) is 3.84. The molecule has 6 heteroatoms. The summed E-state index contributed by atoms with van der Waals surface area (Å²) in [6.07, 6.45) is 3.36. The second-order valence-electron chi connectivity index (χ2n) is 3.84. The fourth-order valence-electron chi connectivity index (χ4n) is 1.54. The zero-order valence-corrected chi connectivity index (χ0v) is 10.4. The van der Waals surface area contributed by atoms with Gasteiger partial charge in [0.1, 0.15) is 6.54 Å². The van der Waals surface area contributed by atoms with Gasteiger partial charge in [0.25, 0.3) is 0 Å². The third-order valence-corrected chi connectivity index (χ3v) is 2.76. The van der Waals surface area contributed by atoms with Gasteiger partial charge < -0.3 is 11.1 Å². The summed E-state index contributed by atoms with van der Waals surface area (Å²) in [5.74, 6) is -0.421. The third kappa shape index (κ3) is 3.24. The SMILES string of the molecule is NC(=O)Cn1cc(NCc2ccccc2Cl)cn1. The fourth-order valence-corrected chi connectivity index (χ4v) is 1.74. The van der Waals surface area contributed by atoms with Crippen LogP contribution in [-0.4, -0.2) is 15.7 Å². The largest absolute Gasteiger partial charge is 0.378 e. The summed E-state index contributed by atoms with van der Waals surface area (Å²) in [6.45, 7) is 0.676. The summed E-state index contributed by atoms with van der Waals surface area (Å²) in [7, 11) is 0. The van der Waals surface area contributed by atoms with Crippen LogP contribution in [0.25, 0.3) is 0 Å². The van der Waals surface area contributed by atoms with Crippen molar-refractivity contribution >= 4 is 23.2 Å². The number of aromatic nitrogens is 2. The molecule has 5 nitrogen and oxygen atoms in total. The van der Waals surface area contributed by atoms with Crippen LogP contribution in [-0.2, 0) is 17.9 Å². The van der Waals surface area contributed by atoms with E-state index in [-0.39, 0.29) is 6.54 Å². The molecule has 0 unspecified atom stereocenters. The Bertz CT molecular complexity index is 553. The van der Waals surface area contributed by atoms with Gasteiger partial charge in [-0.15, -0.1) is 0 Å². The molecule has 0 aliphatic heterocycles. The van der Waals surface area contributed by atoms with Crippen molar-refractivity contribution in [3.05, 3.63) is 47.2 Å². The zero-order valence-electron chi connectivity index (χ0n) is 9.64. The highest BCUT2D eigenvalue weighted by Gasteiger charge is 2.02. The molecule has 2 aromatic rings. The maximum atomic E-state index is 10.7. The van der Waals surface area contributed by atoms with Gasteiger partial charge in [0.05, 0.1) is 11.9 Å². The normalized spacial score (nSPS) is 10.3. The number of benzene rings is 1. The fraction of sp³-hybridized carbons (Fsp3) is 0.167. The Balaban J connectivity index is 1.96. The van der Waals surface area contributed by atoms with Gasteiger partial charge in [-0.1, -0.05) is 29.8 Å². The van der Waals surface area contributed by atoms with Gasteiger partial charge in [-0.3, -0.25) is 9.48 Å². The summed E-state index contributed by atoms with van der Waals surface area (Å²) in [5.41, 5.74) is 6.90. The van der Waals surface area contributed by atoms with Gasteiger partial charge in [0, 0.05) is 17.8 Å². The molecule has 94 valence electrons. The number of rotatable bonds is 5. The highest BCUT2D eigenvalue weighted by molar-refractivity contribution is 6.31. The quantitative estimate of drug-likeness (QED) is 0.862. The molecule has 1 heterocycles. The molecule has 0 radical (unpaired) electrons. The highest BCUT2D eigenvalue weighted by atomic mass is 35.5. The van der Waals surface area contributed by atoms with E-state index in [1.54, 1.807) is 12.4 Å². The smallest absolute Gasteiger partial charge is 0.239 e. The van der Waals surface area contributed by atoms with Crippen molar-refractivity contribution < 1.29 is 4.79 Å². The van der Waals surface area contributed by atoms with Crippen LogP contribution in [0.5, 0.6) is 0 Å². The Morgan fingerprint density at radius 3 is 2.94 bits per heavy atom. The van der Waals surface area contributed by atoms with Crippen LogP contribution >= 0.6 is 11.6 Å². The van der Waals surface area contributed by atoms with Gasteiger partial charge in [-0.05, 0) is 11.6 Å². The minimum absolute atomic E-state index is 0.0772. The molecule has 1 aromatic heterocycles. The molecule has 0 aliphatic rings. The molecular weight excluding hydrogens is 252 g/mol. The van der Waals surface area contributed by atoms with Crippen LogP contribution in [0.1, 0.15) is 5.56 Å². The third-order valence-electron chi connectivity index (χ3n) is 2.39. The van der Waals surface area contributed by atoms with Crippen LogP contribution in [0.15, 0.2) is 36.7 Å². The number of nitrogens with zero attached hydrogens (tertiary/aromatic N) is 2. The first-order chi connectivity index (χ1) is 8.65. The number of carbonyl (C=O) groups excluding carboxylic acids is 1. The maximum Gasteiger partial charge on any atom is 0.239 e. The minimum Gasteiger partial charge on any atom is -0.378 e. The molecule has 0 spiro atoms. The van der Waals surface area contributed by atoms with Crippen LogP contribution in [0.2, 0.25) is 5.02 Å². The predicted octanol–water partition coefficient (Wildman–Crippen LogP) is 1.63. The lowest BCUT2D eigenvalue weighted by atomic mass is 10.2. The first kappa shape index (κ1) is 12.4. The van der Waals surface area contributed by atoms with E-state index in [0.717, 1.165) is 16.3 Å². The Labute approximate surface area is 110 Å². The summed E-state index contributed by atoms with van der Waals surface area (Å²) in [6, 6.07) is 7.61. The van der Waals surface area contributed by atoms with Crippen LogP contribution in [0.3, 0.4) is 0 Å². The van der Waals surface area contributed by atoms with Gasteiger partial charge in [0.15, 0.2) is 0 Å². The first-order valence-corrected chi connectivity index (χ1v) is 5.81. The second kappa shape index (κ2) is 5.55. The molecule has 1 amide bonds. The average molecular weight is 265 g/mol. The van der Waals surface area contributed by atoms with E-state index in [0.29, 0.717) is 6.54 Å². The molecule has 0 bridgehead atoms. The molecule has 0 saturated carbocycles. The highest BCUT2D eigenvalue weighted by Crippen LogP contribution is 2.16. The second-order valence-corrected chi connectivity index (χ2v) is 4.25. The molecule has 1 aromatic carbocycles. The lowest BCUT2D eigenvalue weighted by Crippen LogP contribution is -2.18. The number of halogens is 1. The maximum absolute atomic E-state index is 10.7. The van der Waals surface area contributed by atoms with E-state index >= 15 is 0 Å². The van der Waals surface area contributed by atoms with Crippen LogP contribution in [0.4, 0.5) is 5.69 Å². The van der Waals surface area contributed by atoms with Crippen molar-refractivity contribution in [3.63, 3.8) is 0 Å².